The molecule has 1 saturated carbocycles. The third-order valence-electron chi connectivity index (χ3n) is 5.39. The molecule has 1 fully saturated rings. The van der Waals surface area contributed by atoms with Gasteiger partial charge in [0.15, 0.2) is 23.1 Å². The zero-order chi connectivity index (χ0) is 19.1. The van der Waals surface area contributed by atoms with Crippen LogP contribution in [0.25, 0.3) is 28.2 Å². The molecule has 142 valence electrons. The van der Waals surface area contributed by atoms with E-state index < -0.39 is 11.6 Å². The number of tetrazole rings is 1. The highest BCUT2D eigenvalue weighted by Gasteiger charge is 2.25. The van der Waals surface area contributed by atoms with Crippen molar-refractivity contribution in [3.05, 3.63) is 47.9 Å². The maximum atomic E-state index is 13.9. The normalized spacial score (nSPS) is 15.4. The molecule has 1 aliphatic rings. The fourth-order valence-corrected chi connectivity index (χ4v) is 4.04. The van der Waals surface area contributed by atoms with Crippen LogP contribution in [0, 0.1) is 11.6 Å². The number of aromatic nitrogens is 7. The first kappa shape index (κ1) is 16.9. The monoisotopic (exact) mass is 381 g/mol. The first-order valence-electron chi connectivity index (χ1n) is 9.28. The second-order valence-corrected chi connectivity index (χ2v) is 7.06. The topological polar surface area (TPSA) is 84.6 Å². The van der Waals surface area contributed by atoms with Crippen molar-refractivity contribution in [2.75, 3.05) is 0 Å². The van der Waals surface area contributed by atoms with Crippen molar-refractivity contribution < 1.29 is 8.78 Å². The molecule has 0 saturated heterocycles. The van der Waals surface area contributed by atoms with Gasteiger partial charge in [0, 0.05) is 17.7 Å². The fraction of sp³-hybridized carbons (Fsp3) is 0.316. The standard InChI is InChI=1S/C19H17F2N7/c20-15-7-6-12(8-16(15)21)13-9-22-19-14(18-24-26-27-25-18)10-23-28(19)17(13)11-4-2-1-3-5-11/h6-11H,1-5H2,(H,24,25,26,27). The lowest BCUT2D eigenvalue weighted by atomic mass is 9.84. The molecular weight excluding hydrogens is 364 g/mol. The lowest BCUT2D eigenvalue weighted by Crippen LogP contribution is -2.13. The van der Waals surface area contributed by atoms with E-state index in [0.717, 1.165) is 43.0 Å². The van der Waals surface area contributed by atoms with Crippen molar-refractivity contribution in [2.24, 2.45) is 0 Å². The van der Waals surface area contributed by atoms with E-state index in [9.17, 15) is 8.78 Å². The summed E-state index contributed by atoms with van der Waals surface area (Å²) in [7, 11) is 0. The van der Waals surface area contributed by atoms with E-state index in [0.29, 0.717) is 22.6 Å². The van der Waals surface area contributed by atoms with E-state index >= 15 is 0 Å². The highest BCUT2D eigenvalue weighted by atomic mass is 19.2. The van der Waals surface area contributed by atoms with Gasteiger partial charge in [-0.3, -0.25) is 0 Å². The molecule has 0 bridgehead atoms. The number of hydrogen-bond donors (Lipinski definition) is 1. The number of hydrogen-bond acceptors (Lipinski definition) is 5. The number of fused-ring (bicyclic) bond motifs is 1. The van der Waals surface area contributed by atoms with Gasteiger partial charge in [0.05, 0.1) is 17.5 Å². The van der Waals surface area contributed by atoms with E-state index in [1.165, 1.54) is 12.5 Å². The minimum Gasteiger partial charge on any atom is -0.239 e. The van der Waals surface area contributed by atoms with Gasteiger partial charge in [0.1, 0.15) is 0 Å². The molecule has 28 heavy (non-hydrogen) atoms. The van der Waals surface area contributed by atoms with Crippen molar-refractivity contribution >= 4 is 5.65 Å². The third kappa shape index (κ3) is 2.74. The first-order valence-corrected chi connectivity index (χ1v) is 9.28. The Bertz CT molecular complexity index is 1130. The Balaban J connectivity index is 1.74. The number of H-pyrrole nitrogens is 1. The first-order chi connectivity index (χ1) is 13.7. The number of nitrogens with one attached hydrogen (secondary N) is 1. The summed E-state index contributed by atoms with van der Waals surface area (Å²) in [4.78, 5) is 4.55. The Morgan fingerprint density at radius 3 is 2.61 bits per heavy atom. The number of rotatable bonds is 3. The molecule has 1 N–H and O–H groups in total. The minimum absolute atomic E-state index is 0.267. The lowest BCUT2D eigenvalue weighted by molar-refractivity contribution is 0.431. The van der Waals surface area contributed by atoms with E-state index in [1.807, 2.05) is 0 Å². The SMILES string of the molecule is Fc1ccc(-c2cnc3c(-c4nnn[nH]4)cnn3c2C2CCCCC2)cc1F. The molecule has 5 rings (SSSR count). The zero-order valence-corrected chi connectivity index (χ0v) is 14.9. The largest absolute Gasteiger partial charge is 0.239 e. The smallest absolute Gasteiger partial charge is 0.184 e. The Labute approximate surface area is 158 Å². The van der Waals surface area contributed by atoms with Gasteiger partial charge >= 0.3 is 0 Å². The average Bonchev–Trinajstić information content (AvgIpc) is 3.39. The molecule has 1 aliphatic carbocycles. The molecule has 0 aliphatic heterocycles. The van der Waals surface area contributed by atoms with E-state index in [-0.39, 0.29) is 5.92 Å². The number of halogens is 2. The van der Waals surface area contributed by atoms with Gasteiger partial charge in [0.2, 0.25) is 0 Å². The Hall–Kier alpha value is -3.23. The summed E-state index contributed by atoms with van der Waals surface area (Å²) in [6, 6.07) is 3.95. The van der Waals surface area contributed by atoms with Crippen molar-refractivity contribution in [3.63, 3.8) is 0 Å². The van der Waals surface area contributed by atoms with Crippen molar-refractivity contribution in [3.8, 4) is 22.5 Å². The van der Waals surface area contributed by atoms with Gasteiger partial charge in [-0.15, -0.1) is 5.10 Å². The van der Waals surface area contributed by atoms with Gasteiger partial charge in [-0.05, 0) is 41.0 Å². The van der Waals surface area contributed by atoms with E-state index in [1.54, 1.807) is 23.0 Å². The molecule has 0 atom stereocenters. The molecule has 3 heterocycles. The predicted octanol–water partition coefficient (Wildman–Crippen LogP) is 3.90. The van der Waals surface area contributed by atoms with Crippen molar-refractivity contribution in [1.29, 1.82) is 0 Å². The second kappa shape index (κ2) is 6.74. The van der Waals surface area contributed by atoms with Crippen LogP contribution in [-0.2, 0) is 0 Å². The lowest BCUT2D eigenvalue weighted by Gasteiger charge is -2.25. The molecule has 0 amide bonds. The van der Waals surface area contributed by atoms with Gasteiger partial charge < -0.3 is 0 Å². The molecular formula is C19H17F2N7. The van der Waals surface area contributed by atoms with Gasteiger partial charge in [0.25, 0.3) is 0 Å². The number of nitrogens with zero attached hydrogens (tertiary/aromatic N) is 6. The molecule has 9 heteroatoms. The minimum atomic E-state index is -0.874. The van der Waals surface area contributed by atoms with E-state index in [4.69, 9.17) is 0 Å². The Morgan fingerprint density at radius 1 is 1.00 bits per heavy atom. The van der Waals surface area contributed by atoms with Gasteiger partial charge in [-0.2, -0.15) is 5.10 Å². The van der Waals surface area contributed by atoms with Crippen LogP contribution < -0.4 is 0 Å². The van der Waals surface area contributed by atoms with Gasteiger partial charge in [-0.1, -0.05) is 25.3 Å². The molecule has 3 aromatic heterocycles. The summed E-state index contributed by atoms with van der Waals surface area (Å²) >= 11 is 0. The van der Waals surface area contributed by atoms with Crippen LogP contribution >= 0.6 is 0 Å². The summed E-state index contributed by atoms with van der Waals surface area (Å²) in [5, 5.41) is 18.5. The Morgan fingerprint density at radius 2 is 1.86 bits per heavy atom. The van der Waals surface area contributed by atoms with Crippen LogP contribution in [0.4, 0.5) is 8.78 Å². The molecule has 0 radical (unpaired) electrons. The summed E-state index contributed by atoms with van der Waals surface area (Å²) < 4.78 is 29.1. The number of benzene rings is 1. The van der Waals surface area contributed by atoms with Gasteiger partial charge in [-0.25, -0.2) is 23.4 Å². The predicted molar refractivity (Wildman–Crippen MR) is 97.3 cm³/mol. The molecule has 1 aromatic carbocycles. The maximum absolute atomic E-state index is 13.9. The van der Waals surface area contributed by atoms with Crippen molar-refractivity contribution in [1.82, 2.24) is 35.2 Å². The van der Waals surface area contributed by atoms with E-state index in [2.05, 4.69) is 30.7 Å². The quantitative estimate of drug-likeness (QED) is 0.582. The maximum Gasteiger partial charge on any atom is 0.184 e. The average molecular weight is 381 g/mol. The molecule has 4 aromatic rings. The second-order valence-electron chi connectivity index (χ2n) is 7.06. The zero-order valence-electron chi connectivity index (χ0n) is 14.9. The van der Waals surface area contributed by atoms with Crippen molar-refractivity contribution in [2.45, 2.75) is 38.0 Å². The highest BCUT2D eigenvalue weighted by Crippen LogP contribution is 2.39. The van der Waals surface area contributed by atoms with Crippen LogP contribution in [0.3, 0.4) is 0 Å². The third-order valence-corrected chi connectivity index (χ3v) is 5.39. The summed E-state index contributed by atoms with van der Waals surface area (Å²) in [5.41, 5.74) is 3.65. The fourth-order valence-electron chi connectivity index (χ4n) is 4.04. The van der Waals surface area contributed by atoms with Crippen LogP contribution in [0.1, 0.15) is 43.7 Å². The summed E-state index contributed by atoms with van der Waals surface area (Å²) in [6.45, 7) is 0. The van der Waals surface area contributed by atoms with Crippen LogP contribution in [-0.4, -0.2) is 35.2 Å². The molecule has 0 unspecified atom stereocenters. The highest BCUT2D eigenvalue weighted by molar-refractivity contribution is 5.75. The molecule has 0 spiro atoms. The summed E-state index contributed by atoms with van der Waals surface area (Å²) in [5.74, 6) is -0.988. The Kier molecular flexibility index (Phi) is 4.07. The summed E-state index contributed by atoms with van der Waals surface area (Å²) in [6.07, 6.45) is 8.90. The van der Waals surface area contributed by atoms with Crippen LogP contribution in [0.2, 0.25) is 0 Å². The molecule has 7 nitrogen and oxygen atoms in total. The van der Waals surface area contributed by atoms with Crippen LogP contribution in [0.5, 0.6) is 0 Å². The van der Waals surface area contributed by atoms with Crippen LogP contribution in [0.15, 0.2) is 30.6 Å². The number of aromatic amines is 1.